The Morgan fingerprint density at radius 1 is 0.471 bits per heavy atom. The van der Waals surface area contributed by atoms with E-state index in [-0.39, 0.29) is 0 Å². The van der Waals surface area contributed by atoms with Gasteiger partial charge in [0, 0.05) is 0 Å². The smallest absolute Gasteiger partial charge is 0.166 e. The minimum Gasteiger partial charge on any atom is -0.166 e. The zero-order valence-corrected chi connectivity index (χ0v) is 18.6. The molecule has 182 valence electrons. The molecule has 0 radical (unpaired) electrons. The predicted molar refractivity (Wildman–Crippen MR) is 115 cm³/mol. The molecule has 0 fully saturated rings. The van der Waals surface area contributed by atoms with Crippen LogP contribution in [0.15, 0.2) is 72.8 Å². The average molecular weight is 509 g/mol. The van der Waals surface area contributed by atoms with Gasteiger partial charge in [-0.1, -0.05) is 6.92 Å². The van der Waals surface area contributed by atoms with Crippen LogP contribution in [0, 0.1) is 0 Å². The Hall–Kier alpha value is -2.54. The fourth-order valence-corrected chi connectivity index (χ4v) is 8.20. The Morgan fingerprint density at radius 3 is 0.882 bits per heavy atom. The Labute approximate surface area is 190 Å². The summed E-state index contributed by atoms with van der Waals surface area (Å²) in [7, 11) is -2.87. The molecule has 0 nitrogen and oxygen atoms in total. The van der Waals surface area contributed by atoms with Gasteiger partial charge in [-0.2, -0.15) is 39.5 Å². The van der Waals surface area contributed by atoms with Crippen molar-refractivity contribution >= 4 is 23.2 Å². The summed E-state index contributed by atoms with van der Waals surface area (Å²) in [6.45, 7) is 1.80. The maximum atomic E-state index is 13.1. The van der Waals surface area contributed by atoms with Crippen molar-refractivity contribution in [3.05, 3.63) is 89.5 Å². The molecule has 0 bridgehead atoms. The third kappa shape index (κ3) is 5.24. The van der Waals surface area contributed by atoms with Crippen LogP contribution in [0.5, 0.6) is 0 Å². The highest BCUT2D eigenvalue weighted by molar-refractivity contribution is 7.95. The van der Waals surface area contributed by atoms with Crippen molar-refractivity contribution < 1.29 is 39.5 Å². The molecular formula is C24H19F9P+. The van der Waals surface area contributed by atoms with Crippen LogP contribution < -0.4 is 15.9 Å². The molecule has 0 unspecified atom stereocenters. The average Bonchev–Trinajstić information content (AvgIpc) is 2.76. The van der Waals surface area contributed by atoms with E-state index in [2.05, 4.69) is 0 Å². The van der Waals surface area contributed by atoms with Crippen LogP contribution in [0.2, 0.25) is 0 Å². The second-order valence-corrected chi connectivity index (χ2v) is 11.3. The van der Waals surface area contributed by atoms with Crippen molar-refractivity contribution in [2.75, 3.05) is 6.16 Å². The van der Waals surface area contributed by atoms with E-state index >= 15 is 0 Å². The summed E-state index contributed by atoms with van der Waals surface area (Å²) in [6.07, 6.45) is -12.9. The van der Waals surface area contributed by atoms with E-state index in [1.807, 2.05) is 0 Å². The number of hydrogen-bond acceptors (Lipinski definition) is 0. The predicted octanol–water partition coefficient (Wildman–Crippen LogP) is 7.45. The summed E-state index contributed by atoms with van der Waals surface area (Å²) in [5.74, 6) is 0. The minimum atomic E-state index is -4.59. The van der Waals surface area contributed by atoms with Crippen LogP contribution in [0.25, 0.3) is 0 Å². The summed E-state index contributed by atoms with van der Waals surface area (Å²) in [4.78, 5) is 0. The standard InChI is InChI=1S/C24H19F9P/c1-2-15-34(19-9-3-16(4-10-19)22(25,26)27,20-11-5-17(6-12-20)23(28,29)30)21-13-7-18(8-14-21)24(31,32)33/h3-14H,2,15H2,1H3/q+1. The third-order valence-electron chi connectivity index (χ3n) is 5.47. The number of halogens is 9. The van der Waals surface area contributed by atoms with E-state index in [0.29, 0.717) is 28.5 Å². The molecule has 3 aromatic carbocycles. The Balaban J connectivity index is 2.26. The van der Waals surface area contributed by atoms with Gasteiger partial charge in [-0.05, 0) is 79.2 Å². The van der Waals surface area contributed by atoms with Crippen LogP contribution in [0.1, 0.15) is 30.0 Å². The van der Waals surface area contributed by atoms with Gasteiger partial charge in [-0.15, -0.1) is 0 Å². The van der Waals surface area contributed by atoms with E-state index in [0.717, 1.165) is 36.4 Å². The van der Waals surface area contributed by atoms with E-state index in [1.54, 1.807) is 6.92 Å². The first-order valence-corrected chi connectivity index (χ1v) is 12.1. The Bertz CT molecular complexity index is 953. The molecule has 0 aromatic heterocycles. The normalized spacial score (nSPS) is 13.2. The minimum absolute atomic E-state index is 0.342. The zero-order valence-electron chi connectivity index (χ0n) is 17.7. The lowest BCUT2D eigenvalue weighted by Gasteiger charge is -2.28. The van der Waals surface area contributed by atoms with Gasteiger partial charge >= 0.3 is 18.5 Å². The second kappa shape index (κ2) is 9.25. The quantitative estimate of drug-likeness (QED) is 0.248. The van der Waals surface area contributed by atoms with Gasteiger partial charge in [0.15, 0.2) is 0 Å². The number of hydrogen-bond donors (Lipinski definition) is 0. The van der Waals surface area contributed by atoms with Gasteiger partial charge in [-0.3, -0.25) is 0 Å². The van der Waals surface area contributed by atoms with Crippen molar-refractivity contribution in [1.29, 1.82) is 0 Å². The van der Waals surface area contributed by atoms with E-state index in [1.165, 1.54) is 36.4 Å². The largest absolute Gasteiger partial charge is 0.416 e. The molecule has 34 heavy (non-hydrogen) atoms. The lowest BCUT2D eigenvalue weighted by Crippen LogP contribution is -2.34. The monoisotopic (exact) mass is 509 g/mol. The van der Waals surface area contributed by atoms with Gasteiger partial charge in [0.25, 0.3) is 0 Å². The lowest BCUT2D eigenvalue weighted by atomic mass is 10.2. The molecule has 0 amide bonds. The first-order valence-electron chi connectivity index (χ1n) is 10.1. The molecule has 0 aliphatic rings. The molecular weight excluding hydrogens is 490 g/mol. The first-order chi connectivity index (χ1) is 15.7. The maximum Gasteiger partial charge on any atom is 0.416 e. The maximum absolute atomic E-state index is 13.1. The first kappa shape index (κ1) is 26.1. The van der Waals surface area contributed by atoms with Gasteiger partial charge < -0.3 is 0 Å². The molecule has 3 rings (SSSR count). The summed E-state index contributed by atoms with van der Waals surface area (Å²) in [5, 5.41) is 1.30. The van der Waals surface area contributed by atoms with Gasteiger partial charge in [-0.25, -0.2) is 0 Å². The summed E-state index contributed by atoms with van der Waals surface area (Å²) in [5.41, 5.74) is -2.69. The highest BCUT2D eigenvalue weighted by Gasteiger charge is 2.46. The van der Waals surface area contributed by atoms with Crippen LogP contribution in [0.4, 0.5) is 39.5 Å². The van der Waals surface area contributed by atoms with Crippen LogP contribution in [0.3, 0.4) is 0 Å². The van der Waals surface area contributed by atoms with Crippen LogP contribution in [-0.4, -0.2) is 6.16 Å². The van der Waals surface area contributed by atoms with E-state index in [4.69, 9.17) is 0 Å². The molecule has 0 spiro atoms. The number of alkyl halides is 9. The summed E-state index contributed by atoms with van der Waals surface area (Å²) < 4.78 is 118. The molecule has 10 heteroatoms. The molecule has 0 saturated heterocycles. The topological polar surface area (TPSA) is 0 Å². The highest BCUT2D eigenvalue weighted by Crippen LogP contribution is 2.56. The van der Waals surface area contributed by atoms with Crippen molar-refractivity contribution in [1.82, 2.24) is 0 Å². The fraction of sp³-hybridized carbons (Fsp3) is 0.250. The number of rotatable bonds is 5. The molecule has 0 heterocycles. The SMILES string of the molecule is CCC[P+](c1ccc(C(F)(F)F)cc1)(c1ccc(C(F)(F)F)cc1)c1ccc(C(F)(F)F)cc1. The molecule has 0 aliphatic heterocycles. The van der Waals surface area contributed by atoms with Crippen molar-refractivity contribution in [3.8, 4) is 0 Å². The van der Waals surface area contributed by atoms with Crippen molar-refractivity contribution in [2.45, 2.75) is 31.9 Å². The van der Waals surface area contributed by atoms with E-state index in [9.17, 15) is 39.5 Å². The van der Waals surface area contributed by atoms with Gasteiger partial charge in [0.05, 0.1) is 22.9 Å². The Morgan fingerprint density at radius 2 is 0.706 bits per heavy atom. The number of benzene rings is 3. The molecule has 0 N–H and O–H groups in total. The zero-order chi connectivity index (χ0) is 25.4. The molecule has 0 saturated carbocycles. The van der Waals surface area contributed by atoms with Crippen LogP contribution >= 0.6 is 7.26 Å². The van der Waals surface area contributed by atoms with Crippen LogP contribution in [-0.2, 0) is 18.5 Å². The molecule has 0 atom stereocenters. The molecule has 3 aromatic rings. The molecule has 0 aliphatic carbocycles. The van der Waals surface area contributed by atoms with Gasteiger partial charge in [0.2, 0.25) is 0 Å². The van der Waals surface area contributed by atoms with Gasteiger partial charge in [0.1, 0.15) is 23.2 Å². The highest BCUT2D eigenvalue weighted by atomic mass is 31.2. The summed E-state index contributed by atoms with van der Waals surface area (Å²) >= 11 is 0. The second-order valence-electron chi connectivity index (χ2n) is 7.67. The fourth-order valence-electron chi connectivity index (χ4n) is 3.88. The third-order valence-corrected chi connectivity index (χ3v) is 10.1. The van der Waals surface area contributed by atoms with Crippen molar-refractivity contribution in [2.24, 2.45) is 0 Å². The van der Waals surface area contributed by atoms with E-state index < -0.39 is 42.5 Å². The lowest BCUT2D eigenvalue weighted by molar-refractivity contribution is -0.138. The Kier molecular flexibility index (Phi) is 7.09. The van der Waals surface area contributed by atoms with Crippen molar-refractivity contribution in [3.63, 3.8) is 0 Å². The summed E-state index contributed by atoms with van der Waals surface area (Å²) in [6, 6.07) is 12.9.